The van der Waals surface area contributed by atoms with Gasteiger partial charge < -0.3 is 9.53 Å². The van der Waals surface area contributed by atoms with Crippen LogP contribution in [0.25, 0.3) is 0 Å². The number of fused-ring (bicyclic) bond motifs is 5. The van der Waals surface area contributed by atoms with E-state index in [1.807, 2.05) is 0 Å². The summed E-state index contributed by atoms with van der Waals surface area (Å²) in [6.07, 6.45) is 15.6. The van der Waals surface area contributed by atoms with Crippen LogP contribution in [0.15, 0.2) is 11.6 Å². The van der Waals surface area contributed by atoms with Crippen molar-refractivity contribution in [2.75, 3.05) is 0 Å². The van der Waals surface area contributed by atoms with Crippen LogP contribution in [0.4, 0.5) is 0 Å². The molecule has 0 N–H and O–H groups in total. The Morgan fingerprint density at radius 1 is 1.10 bits per heavy atom. The predicted molar refractivity (Wildman–Crippen MR) is 124 cm³/mol. The van der Waals surface area contributed by atoms with Crippen molar-refractivity contribution in [3.8, 4) is 0 Å². The molecule has 8 atom stereocenters. The Hall–Kier alpha value is -1.12. The molecule has 0 aromatic heterocycles. The number of allylic oxidation sites excluding steroid dienone is 1. The maximum atomic E-state index is 11.5. The predicted octanol–water partition coefficient (Wildman–Crippen LogP) is 6.89. The second kappa shape index (κ2) is 8.67. The number of rotatable bonds is 6. The van der Waals surface area contributed by atoms with Gasteiger partial charge in [-0.25, -0.2) is 0 Å². The zero-order valence-corrected chi connectivity index (χ0v) is 20.5. The van der Waals surface area contributed by atoms with Gasteiger partial charge in [0.15, 0.2) is 0 Å². The van der Waals surface area contributed by atoms with Crippen molar-refractivity contribution >= 4 is 11.8 Å². The molecular weight excluding hydrogens is 384 g/mol. The molecule has 4 rings (SSSR count). The molecule has 4 aliphatic carbocycles. The molecule has 0 aliphatic heterocycles. The van der Waals surface area contributed by atoms with Gasteiger partial charge in [-0.2, -0.15) is 0 Å². The molecule has 3 nitrogen and oxygen atoms in total. The molecule has 0 radical (unpaired) electrons. The minimum absolute atomic E-state index is 0.0916. The lowest BCUT2D eigenvalue weighted by atomic mass is 9.47. The fraction of sp³-hybridized carbons (Fsp3) is 0.857. The molecular formula is C28H44O3. The third-order valence-electron chi connectivity index (χ3n) is 10.3. The van der Waals surface area contributed by atoms with Crippen molar-refractivity contribution in [2.24, 2.45) is 40.4 Å². The van der Waals surface area contributed by atoms with Crippen molar-refractivity contribution in [1.82, 2.24) is 0 Å². The highest BCUT2D eigenvalue weighted by Crippen LogP contribution is 2.67. The van der Waals surface area contributed by atoms with E-state index in [9.17, 15) is 9.59 Å². The molecule has 0 aromatic rings. The smallest absolute Gasteiger partial charge is 0.302 e. The molecule has 3 heteroatoms. The molecule has 174 valence electrons. The van der Waals surface area contributed by atoms with Gasteiger partial charge in [0.2, 0.25) is 0 Å². The SMILES string of the molecule is CC(=O)CCCC(C)C1CCC2C3CC=C4CC(OC(C)=O)CC[C@@]4(C)C3CC[C@@]12C. The topological polar surface area (TPSA) is 43.4 Å². The van der Waals surface area contributed by atoms with Crippen molar-refractivity contribution in [2.45, 2.75) is 111 Å². The van der Waals surface area contributed by atoms with Gasteiger partial charge >= 0.3 is 5.97 Å². The maximum absolute atomic E-state index is 11.5. The first-order valence-electron chi connectivity index (χ1n) is 13.0. The van der Waals surface area contributed by atoms with Crippen molar-refractivity contribution < 1.29 is 14.3 Å². The first-order chi connectivity index (χ1) is 14.6. The Bertz CT molecular complexity index is 739. The summed E-state index contributed by atoms with van der Waals surface area (Å²) in [4.78, 5) is 22.8. The largest absolute Gasteiger partial charge is 0.462 e. The lowest BCUT2D eigenvalue weighted by Crippen LogP contribution is -2.51. The molecule has 3 fully saturated rings. The van der Waals surface area contributed by atoms with E-state index in [0.717, 1.165) is 55.3 Å². The number of hydrogen-bond acceptors (Lipinski definition) is 3. The Morgan fingerprint density at radius 2 is 1.87 bits per heavy atom. The summed E-state index contributed by atoms with van der Waals surface area (Å²) < 4.78 is 5.59. The van der Waals surface area contributed by atoms with E-state index in [2.05, 4.69) is 26.8 Å². The van der Waals surface area contributed by atoms with Gasteiger partial charge in [0.05, 0.1) is 0 Å². The number of ketones is 1. The van der Waals surface area contributed by atoms with Crippen molar-refractivity contribution in [3.05, 3.63) is 11.6 Å². The van der Waals surface area contributed by atoms with E-state index in [1.165, 1.54) is 44.9 Å². The highest BCUT2D eigenvalue weighted by molar-refractivity contribution is 5.75. The maximum Gasteiger partial charge on any atom is 0.302 e. The van der Waals surface area contributed by atoms with E-state index in [1.54, 1.807) is 19.4 Å². The summed E-state index contributed by atoms with van der Waals surface area (Å²) in [6.45, 7) is 10.9. The van der Waals surface area contributed by atoms with Crippen LogP contribution in [0.1, 0.15) is 105 Å². The molecule has 3 saturated carbocycles. The molecule has 31 heavy (non-hydrogen) atoms. The molecule has 4 aliphatic rings. The third-order valence-corrected chi connectivity index (χ3v) is 10.3. The number of hydrogen-bond donors (Lipinski definition) is 0. The average molecular weight is 429 g/mol. The Labute approximate surface area is 189 Å². The van der Waals surface area contributed by atoms with Gasteiger partial charge in [0.1, 0.15) is 11.9 Å². The number of carbonyl (C=O) groups is 2. The second-order valence-corrected chi connectivity index (χ2v) is 12.0. The molecule has 0 spiro atoms. The zero-order chi connectivity index (χ0) is 22.4. The van der Waals surface area contributed by atoms with Crippen molar-refractivity contribution in [1.29, 1.82) is 0 Å². The average Bonchev–Trinajstić information content (AvgIpc) is 3.05. The number of esters is 1. The summed E-state index contributed by atoms with van der Waals surface area (Å²) in [5.41, 5.74) is 2.38. The molecule has 0 heterocycles. The van der Waals surface area contributed by atoms with E-state index >= 15 is 0 Å². The third kappa shape index (κ3) is 4.15. The van der Waals surface area contributed by atoms with Crippen LogP contribution < -0.4 is 0 Å². The molecule has 0 amide bonds. The molecule has 0 bridgehead atoms. The Kier molecular flexibility index (Phi) is 6.45. The van der Waals surface area contributed by atoms with Crippen LogP contribution in [-0.2, 0) is 14.3 Å². The van der Waals surface area contributed by atoms with E-state index in [-0.39, 0.29) is 12.1 Å². The molecule has 6 unspecified atom stereocenters. The van der Waals surface area contributed by atoms with Gasteiger partial charge in [-0.05, 0) is 98.7 Å². The Morgan fingerprint density at radius 3 is 2.58 bits per heavy atom. The fourth-order valence-corrected chi connectivity index (χ4v) is 8.81. The van der Waals surface area contributed by atoms with Crippen LogP contribution in [0.2, 0.25) is 0 Å². The first kappa shape index (κ1) is 23.1. The van der Waals surface area contributed by atoms with E-state index in [0.29, 0.717) is 16.6 Å². The molecule has 0 saturated heterocycles. The summed E-state index contributed by atoms with van der Waals surface area (Å²) in [7, 11) is 0. The summed E-state index contributed by atoms with van der Waals surface area (Å²) in [6, 6.07) is 0. The fourth-order valence-electron chi connectivity index (χ4n) is 8.81. The number of ether oxygens (including phenoxy) is 1. The zero-order valence-electron chi connectivity index (χ0n) is 20.5. The summed E-state index contributed by atoms with van der Waals surface area (Å²) >= 11 is 0. The highest BCUT2D eigenvalue weighted by atomic mass is 16.5. The summed E-state index contributed by atoms with van der Waals surface area (Å²) in [5, 5.41) is 0. The van der Waals surface area contributed by atoms with E-state index < -0.39 is 0 Å². The van der Waals surface area contributed by atoms with Gasteiger partial charge in [0.25, 0.3) is 0 Å². The highest BCUT2D eigenvalue weighted by Gasteiger charge is 2.59. The van der Waals surface area contributed by atoms with Crippen LogP contribution in [-0.4, -0.2) is 17.9 Å². The monoisotopic (exact) mass is 428 g/mol. The normalized spacial score (nSPS) is 42.6. The number of Topliss-reactive ketones (excluding diaryl/α,β-unsaturated/α-hetero) is 1. The van der Waals surface area contributed by atoms with Gasteiger partial charge in [0, 0.05) is 19.8 Å². The molecule has 0 aromatic carbocycles. The summed E-state index contributed by atoms with van der Waals surface area (Å²) in [5.74, 6) is 4.24. The minimum Gasteiger partial charge on any atom is -0.462 e. The van der Waals surface area contributed by atoms with Crippen LogP contribution >= 0.6 is 0 Å². The number of carbonyl (C=O) groups excluding carboxylic acids is 2. The van der Waals surface area contributed by atoms with E-state index in [4.69, 9.17) is 4.74 Å². The van der Waals surface area contributed by atoms with Gasteiger partial charge in [-0.3, -0.25) is 4.79 Å². The van der Waals surface area contributed by atoms with Crippen LogP contribution in [0.5, 0.6) is 0 Å². The van der Waals surface area contributed by atoms with Crippen molar-refractivity contribution in [3.63, 3.8) is 0 Å². The van der Waals surface area contributed by atoms with Crippen LogP contribution in [0, 0.1) is 40.4 Å². The van der Waals surface area contributed by atoms with Gasteiger partial charge in [-0.15, -0.1) is 0 Å². The second-order valence-electron chi connectivity index (χ2n) is 12.0. The first-order valence-corrected chi connectivity index (χ1v) is 13.0. The van der Waals surface area contributed by atoms with Crippen LogP contribution in [0.3, 0.4) is 0 Å². The standard InChI is InChI=1S/C28H44O3/c1-18(7-6-8-19(2)29)24-11-12-25-23-10-9-21-17-22(31-20(3)30)13-15-27(21,4)26(23)14-16-28(24,25)5/h9,18,22-26H,6-8,10-17H2,1-5H3/t18?,22?,23?,24?,25?,26?,27-,28+/m1/s1. The lowest BCUT2D eigenvalue weighted by molar-refractivity contribution is -0.148. The lowest BCUT2D eigenvalue weighted by Gasteiger charge is -2.58. The van der Waals surface area contributed by atoms with Gasteiger partial charge in [-0.1, -0.05) is 38.8 Å². The minimum atomic E-state index is -0.134. The quantitative estimate of drug-likeness (QED) is 0.342. The Balaban J connectivity index is 1.47.